The van der Waals surface area contributed by atoms with Crippen molar-refractivity contribution in [3.05, 3.63) is 0 Å². The van der Waals surface area contributed by atoms with Crippen molar-refractivity contribution in [2.45, 2.75) is 71.4 Å². The molecule has 0 spiro atoms. The minimum Gasteiger partial charge on any atom is -0.311 e. The number of rotatable bonds is 6. The Kier molecular flexibility index (Phi) is 10.1. The van der Waals surface area contributed by atoms with E-state index in [1.54, 1.807) is 6.92 Å². The van der Waals surface area contributed by atoms with Crippen molar-refractivity contribution in [1.82, 2.24) is 5.32 Å². The predicted octanol–water partition coefficient (Wildman–Crippen LogP) is 3.75. The summed E-state index contributed by atoms with van der Waals surface area (Å²) in [6, 6.07) is -1.01. The Balaban J connectivity index is 0. The number of halogens is 6. The highest BCUT2D eigenvalue weighted by Gasteiger charge is 2.48. The molecule has 0 aromatic heterocycles. The molecule has 0 aliphatic heterocycles. The molecule has 0 heterocycles. The Morgan fingerprint density at radius 2 is 1.25 bits per heavy atom. The largest absolute Gasteiger partial charge is 0.466 e. The van der Waals surface area contributed by atoms with E-state index < -0.39 is 44.5 Å². The topological polar surface area (TPSA) is 89.8 Å². The molecule has 0 rings (SSSR count). The maximum absolute atomic E-state index is 12.5. The van der Waals surface area contributed by atoms with Gasteiger partial charge in [-0.15, -0.1) is 0 Å². The van der Waals surface area contributed by atoms with Crippen LogP contribution in [-0.2, 0) is 4.57 Å². The molecule has 4 N–H and O–H groups in total. The van der Waals surface area contributed by atoms with Gasteiger partial charge >= 0.3 is 20.2 Å². The van der Waals surface area contributed by atoms with E-state index in [1.807, 2.05) is 6.92 Å². The monoisotopic (exact) mass is 391 g/mol. The number of hydrogen-bond donors (Lipinski definition) is 4. The van der Waals surface area contributed by atoms with E-state index in [0.717, 1.165) is 6.92 Å². The predicted molar refractivity (Wildman–Crippen MR) is 76.1 cm³/mol. The van der Waals surface area contributed by atoms with E-state index in [0.29, 0.717) is 6.42 Å². The molecule has 0 saturated heterocycles. The van der Waals surface area contributed by atoms with Gasteiger partial charge in [0.2, 0.25) is 0 Å². The SMILES string of the molecule is CCC(C)NC(C)C(C)(CC(F)(F)F)CC(F)(F)F.O=P(O)(O)O. The van der Waals surface area contributed by atoms with Gasteiger partial charge in [0.1, 0.15) is 0 Å². The molecule has 0 fully saturated rings. The van der Waals surface area contributed by atoms with Gasteiger partial charge in [-0.2, -0.15) is 26.3 Å². The molecule has 0 radical (unpaired) electrons. The first-order valence-electron chi connectivity index (χ1n) is 6.97. The minimum absolute atomic E-state index is 0.129. The Bertz CT molecular complexity index is 385. The van der Waals surface area contributed by atoms with Gasteiger partial charge in [-0.25, -0.2) is 4.57 Å². The van der Waals surface area contributed by atoms with E-state index in [4.69, 9.17) is 19.2 Å². The van der Waals surface area contributed by atoms with Gasteiger partial charge in [0.15, 0.2) is 0 Å². The van der Waals surface area contributed by atoms with Crippen LogP contribution in [0.15, 0.2) is 0 Å². The zero-order valence-corrected chi connectivity index (χ0v) is 14.6. The smallest absolute Gasteiger partial charge is 0.311 e. The molecule has 0 aliphatic rings. The quantitative estimate of drug-likeness (QED) is 0.409. The molecule has 0 aromatic rings. The lowest BCUT2D eigenvalue weighted by atomic mass is 9.76. The molecule has 5 nitrogen and oxygen atoms in total. The minimum atomic E-state index is -4.64. The van der Waals surface area contributed by atoms with Crippen LogP contribution in [0.3, 0.4) is 0 Å². The molecule has 24 heavy (non-hydrogen) atoms. The van der Waals surface area contributed by atoms with Gasteiger partial charge in [0.25, 0.3) is 0 Å². The summed E-state index contributed by atoms with van der Waals surface area (Å²) in [5.41, 5.74) is -1.90. The fourth-order valence-electron chi connectivity index (χ4n) is 2.03. The number of hydrogen-bond acceptors (Lipinski definition) is 2. The highest BCUT2D eigenvalue weighted by molar-refractivity contribution is 7.45. The Labute approximate surface area is 136 Å². The van der Waals surface area contributed by atoms with E-state index in [9.17, 15) is 26.3 Å². The lowest BCUT2D eigenvalue weighted by Gasteiger charge is -2.38. The van der Waals surface area contributed by atoms with Gasteiger partial charge in [-0.3, -0.25) is 0 Å². The number of nitrogens with one attached hydrogen (secondary N) is 1. The van der Waals surface area contributed by atoms with Crippen LogP contribution in [0, 0.1) is 5.41 Å². The zero-order chi connectivity index (χ0) is 20.0. The van der Waals surface area contributed by atoms with Crippen molar-refractivity contribution >= 4 is 7.82 Å². The second-order valence-electron chi connectivity index (χ2n) is 5.95. The summed E-state index contributed by atoms with van der Waals surface area (Å²) in [7, 11) is -4.64. The van der Waals surface area contributed by atoms with Crippen molar-refractivity contribution < 1.29 is 45.6 Å². The van der Waals surface area contributed by atoms with Crippen LogP contribution in [0.4, 0.5) is 26.3 Å². The maximum Gasteiger partial charge on any atom is 0.466 e. The lowest BCUT2D eigenvalue weighted by molar-refractivity contribution is -0.197. The standard InChI is InChI=1S/C12H21F6N.H3O4P/c1-5-8(2)19-9(3)10(4,6-11(13,14)15)7-12(16,17)18;1-5(2,3)4/h8-9,19H,5-7H2,1-4H3;(H3,1,2,3,4). The normalized spacial score (nSPS) is 16.2. The third-order valence-electron chi connectivity index (χ3n) is 3.40. The Morgan fingerprint density at radius 3 is 1.46 bits per heavy atom. The van der Waals surface area contributed by atoms with Gasteiger partial charge in [-0.05, 0) is 25.7 Å². The van der Waals surface area contributed by atoms with Crippen molar-refractivity contribution in [3.8, 4) is 0 Å². The van der Waals surface area contributed by atoms with Gasteiger partial charge in [0, 0.05) is 12.1 Å². The zero-order valence-electron chi connectivity index (χ0n) is 13.7. The molecule has 0 amide bonds. The van der Waals surface area contributed by atoms with Crippen LogP contribution >= 0.6 is 7.82 Å². The molecule has 12 heteroatoms. The van der Waals surface area contributed by atoms with Crippen molar-refractivity contribution in [1.29, 1.82) is 0 Å². The Hall–Kier alpha value is -0.350. The summed E-state index contributed by atoms with van der Waals surface area (Å²) in [4.78, 5) is 21.6. The average Bonchev–Trinajstić information content (AvgIpc) is 2.20. The first-order chi connectivity index (χ1) is 10.3. The third kappa shape index (κ3) is 16.5. The summed E-state index contributed by atoms with van der Waals surface area (Å²) in [5, 5.41) is 2.82. The Morgan fingerprint density at radius 1 is 0.958 bits per heavy atom. The molecular weight excluding hydrogens is 367 g/mol. The number of alkyl halides is 6. The molecule has 2 unspecified atom stereocenters. The first kappa shape index (κ1) is 25.9. The van der Waals surface area contributed by atoms with Crippen LogP contribution in [-0.4, -0.2) is 39.1 Å². The second-order valence-corrected chi connectivity index (χ2v) is 6.98. The molecular formula is C12H24F6NO4P. The van der Waals surface area contributed by atoms with Gasteiger partial charge in [-0.1, -0.05) is 13.8 Å². The van der Waals surface area contributed by atoms with E-state index in [2.05, 4.69) is 5.32 Å². The summed E-state index contributed by atoms with van der Waals surface area (Å²) in [6.45, 7) is 5.96. The lowest BCUT2D eigenvalue weighted by Crippen LogP contribution is -2.49. The van der Waals surface area contributed by atoms with Crippen molar-refractivity contribution in [3.63, 3.8) is 0 Å². The molecule has 2 atom stereocenters. The fourth-order valence-corrected chi connectivity index (χ4v) is 2.03. The second kappa shape index (κ2) is 9.38. The highest BCUT2D eigenvalue weighted by Crippen LogP contribution is 2.44. The fraction of sp³-hybridized carbons (Fsp3) is 1.00. The highest BCUT2D eigenvalue weighted by atomic mass is 31.2. The first-order valence-corrected chi connectivity index (χ1v) is 8.53. The molecule has 0 aliphatic carbocycles. The van der Waals surface area contributed by atoms with Crippen LogP contribution in [0.2, 0.25) is 0 Å². The van der Waals surface area contributed by atoms with E-state index in [-0.39, 0.29) is 6.04 Å². The van der Waals surface area contributed by atoms with E-state index in [1.165, 1.54) is 6.92 Å². The maximum atomic E-state index is 12.5. The van der Waals surface area contributed by atoms with Gasteiger partial charge in [0.05, 0.1) is 12.8 Å². The molecule has 0 saturated carbocycles. The van der Waals surface area contributed by atoms with Crippen molar-refractivity contribution in [2.75, 3.05) is 0 Å². The summed E-state index contributed by atoms with van der Waals surface area (Å²) in [5.74, 6) is 0. The summed E-state index contributed by atoms with van der Waals surface area (Å²) in [6.07, 6.45) is -11.5. The van der Waals surface area contributed by atoms with Crippen molar-refractivity contribution in [2.24, 2.45) is 5.41 Å². The third-order valence-corrected chi connectivity index (χ3v) is 3.40. The van der Waals surface area contributed by atoms with Crippen LogP contribution in [0.1, 0.15) is 47.0 Å². The van der Waals surface area contributed by atoms with Crippen LogP contribution < -0.4 is 5.32 Å². The van der Waals surface area contributed by atoms with Crippen LogP contribution in [0.5, 0.6) is 0 Å². The van der Waals surface area contributed by atoms with Crippen LogP contribution in [0.25, 0.3) is 0 Å². The van der Waals surface area contributed by atoms with E-state index >= 15 is 0 Å². The summed E-state index contributed by atoms with van der Waals surface area (Å²) < 4.78 is 83.9. The van der Waals surface area contributed by atoms with Gasteiger partial charge < -0.3 is 20.0 Å². The number of phosphoric acid groups is 1. The molecule has 148 valence electrons. The summed E-state index contributed by atoms with van der Waals surface area (Å²) >= 11 is 0. The molecule has 0 bridgehead atoms. The molecule has 0 aromatic carbocycles. The average molecular weight is 391 g/mol.